The summed E-state index contributed by atoms with van der Waals surface area (Å²) < 4.78 is 1.24. The van der Waals surface area contributed by atoms with Crippen molar-refractivity contribution < 1.29 is 9.90 Å². The minimum atomic E-state index is -0.857. The molecule has 1 aromatic rings. The van der Waals surface area contributed by atoms with Gasteiger partial charge in [-0.1, -0.05) is 0 Å². The van der Waals surface area contributed by atoms with E-state index in [1.165, 1.54) is 23.3 Å². The van der Waals surface area contributed by atoms with Crippen LogP contribution in [-0.2, 0) is 0 Å². The summed E-state index contributed by atoms with van der Waals surface area (Å²) in [5.41, 5.74) is 5.26. The summed E-state index contributed by atoms with van der Waals surface area (Å²) in [5, 5.41) is 8.52. The Balaban J connectivity index is 2.70. The van der Waals surface area contributed by atoms with Gasteiger partial charge in [-0.3, -0.25) is 9.36 Å². The fraction of sp³-hybridized carbons (Fsp3) is 0.333. The molecule has 0 saturated carbocycles. The molecule has 0 saturated heterocycles. The van der Waals surface area contributed by atoms with Crippen molar-refractivity contribution in [3.63, 3.8) is 0 Å². The number of imidazole rings is 1. The van der Waals surface area contributed by atoms with Gasteiger partial charge < -0.3 is 10.8 Å². The summed E-state index contributed by atoms with van der Waals surface area (Å²) in [4.78, 5) is 14.7. The zero-order valence-corrected chi connectivity index (χ0v) is 5.84. The number of carbonyl (C=O) groups is 1. The molecule has 0 bridgehead atoms. The summed E-state index contributed by atoms with van der Waals surface area (Å²) in [6, 6.07) is -0.857. The van der Waals surface area contributed by atoms with Crippen molar-refractivity contribution in [1.29, 1.82) is 0 Å². The maximum absolute atomic E-state index is 11.1. The van der Waals surface area contributed by atoms with E-state index < -0.39 is 6.04 Å². The summed E-state index contributed by atoms with van der Waals surface area (Å²) >= 11 is 0. The van der Waals surface area contributed by atoms with E-state index in [1.54, 1.807) is 0 Å². The average molecular weight is 155 g/mol. The smallest absolute Gasteiger partial charge is 0.251 e. The lowest BCUT2D eigenvalue weighted by Crippen LogP contribution is -2.37. The Morgan fingerprint density at radius 2 is 2.55 bits per heavy atom. The van der Waals surface area contributed by atoms with Crippen molar-refractivity contribution in [2.24, 2.45) is 5.73 Å². The maximum atomic E-state index is 11.1. The quantitative estimate of drug-likeness (QED) is 0.564. The van der Waals surface area contributed by atoms with Crippen LogP contribution in [0.15, 0.2) is 18.7 Å². The first-order chi connectivity index (χ1) is 5.25. The molecular formula is C6H9N3O2. The third kappa shape index (κ3) is 1.63. The normalized spacial score (nSPS) is 12.9. The standard InChI is InChI=1S/C6H9N3O2/c7-5(3-10)6(11)9-2-1-8-4-9/h1-2,4-5,10H,3,7H2/t5-/m0/s1. The van der Waals surface area contributed by atoms with Gasteiger partial charge in [-0.2, -0.15) is 0 Å². The largest absolute Gasteiger partial charge is 0.394 e. The Morgan fingerprint density at radius 3 is 3.00 bits per heavy atom. The van der Waals surface area contributed by atoms with Crippen LogP contribution in [0.5, 0.6) is 0 Å². The topological polar surface area (TPSA) is 81.1 Å². The number of hydrogen-bond donors (Lipinski definition) is 2. The van der Waals surface area contributed by atoms with Gasteiger partial charge in [0.1, 0.15) is 12.4 Å². The van der Waals surface area contributed by atoms with Crippen LogP contribution in [0.3, 0.4) is 0 Å². The van der Waals surface area contributed by atoms with Gasteiger partial charge in [-0.05, 0) is 0 Å². The van der Waals surface area contributed by atoms with E-state index in [1.807, 2.05) is 0 Å². The van der Waals surface area contributed by atoms with Gasteiger partial charge in [-0.25, -0.2) is 4.98 Å². The summed E-state index contributed by atoms with van der Waals surface area (Å²) in [5.74, 6) is -0.356. The zero-order chi connectivity index (χ0) is 8.27. The molecule has 0 radical (unpaired) electrons. The van der Waals surface area contributed by atoms with Gasteiger partial charge >= 0.3 is 0 Å². The molecule has 5 nitrogen and oxygen atoms in total. The number of hydrogen-bond acceptors (Lipinski definition) is 4. The molecule has 5 heteroatoms. The fourth-order valence-electron chi connectivity index (χ4n) is 0.659. The highest BCUT2D eigenvalue weighted by molar-refractivity contribution is 5.83. The number of carbonyl (C=O) groups excluding carboxylic acids is 1. The first-order valence-corrected chi connectivity index (χ1v) is 3.14. The van der Waals surface area contributed by atoms with E-state index in [0.29, 0.717) is 0 Å². The lowest BCUT2D eigenvalue weighted by Gasteiger charge is -2.05. The number of nitrogens with zero attached hydrogens (tertiary/aromatic N) is 2. The van der Waals surface area contributed by atoms with Gasteiger partial charge in [0.25, 0.3) is 5.91 Å². The number of aliphatic hydroxyl groups excluding tert-OH is 1. The predicted octanol–water partition coefficient (Wildman–Crippen LogP) is -1.16. The summed E-state index contributed by atoms with van der Waals surface area (Å²) in [6.07, 6.45) is 4.30. The van der Waals surface area contributed by atoms with Gasteiger partial charge in [0.05, 0.1) is 6.61 Å². The van der Waals surface area contributed by atoms with Crippen molar-refractivity contribution in [3.8, 4) is 0 Å². The van der Waals surface area contributed by atoms with Crippen LogP contribution < -0.4 is 5.73 Å². The zero-order valence-electron chi connectivity index (χ0n) is 5.84. The van der Waals surface area contributed by atoms with Gasteiger partial charge in [0.2, 0.25) is 0 Å². The van der Waals surface area contributed by atoms with E-state index in [0.717, 1.165) is 0 Å². The van der Waals surface area contributed by atoms with E-state index in [2.05, 4.69) is 4.98 Å². The SMILES string of the molecule is N[C@@H](CO)C(=O)n1ccnc1. The van der Waals surface area contributed by atoms with Crippen molar-refractivity contribution in [2.45, 2.75) is 6.04 Å². The van der Waals surface area contributed by atoms with Crippen molar-refractivity contribution >= 4 is 5.91 Å². The number of nitrogens with two attached hydrogens (primary N) is 1. The minimum Gasteiger partial charge on any atom is -0.394 e. The number of rotatable bonds is 2. The second-order valence-electron chi connectivity index (χ2n) is 2.10. The first-order valence-electron chi connectivity index (χ1n) is 3.14. The lowest BCUT2D eigenvalue weighted by atomic mass is 10.3. The van der Waals surface area contributed by atoms with Crippen LogP contribution in [0.2, 0.25) is 0 Å². The molecule has 60 valence electrons. The molecule has 1 rings (SSSR count). The Bertz CT molecular complexity index is 232. The van der Waals surface area contributed by atoms with Crippen molar-refractivity contribution in [3.05, 3.63) is 18.7 Å². The molecule has 1 heterocycles. The van der Waals surface area contributed by atoms with Crippen LogP contribution in [-0.4, -0.2) is 33.2 Å². The first kappa shape index (κ1) is 7.90. The van der Waals surface area contributed by atoms with E-state index in [-0.39, 0.29) is 12.5 Å². The molecule has 0 aliphatic carbocycles. The second kappa shape index (κ2) is 3.27. The molecule has 0 aromatic carbocycles. The number of aromatic nitrogens is 2. The van der Waals surface area contributed by atoms with Crippen molar-refractivity contribution in [1.82, 2.24) is 9.55 Å². The third-order valence-corrected chi connectivity index (χ3v) is 1.27. The van der Waals surface area contributed by atoms with E-state index >= 15 is 0 Å². The van der Waals surface area contributed by atoms with Crippen LogP contribution in [0.4, 0.5) is 0 Å². The Morgan fingerprint density at radius 1 is 1.82 bits per heavy atom. The molecule has 1 atom stereocenters. The molecule has 1 aromatic heterocycles. The highest BCUT2D eigenvalue weighted by Gasteiger charge is 2.12. The van der Waals surface area contributed by atoms with Crippen LogP contribution in [0.1, 0.15) is 4.79 Å². The summed E-state index contributed by atoms with van der Waals surface area (Å²) in [6.45, 7) is -0.350. The monoisotopic (exact) mass is 155 g/mol. The van der Waals surface area contributed by atoms with E-state index in [9.17, 15) is 4.79 Å². The molecule has 0 unspecified atom stereocenters. The third-order valence-electron chi connectivity index (χ3n) is 1.27. The number of aliphatic hydroxyl groups is 1. The Labute approximate surface area is 63.5 Å². The summed E-state index contributed by atoms with van der Waals surface area (Å²) in [7, 11) is 0. The lowest BCUT2D eigenvalue weighted by molar-refractivity contribution is 0.0841. The van der Waals surface area contributed by atoms with Gasteiger partial charge in [0, 0.05) is 12.4 Å². The van der Waals surface area contributed by atoms with Gasteiger partial charge in [-0.15, -0.1) is 0 Å². The maximum Gasteiger partial charge on any atom is 0.251 e. The predicted molar refractivity (Wildman–Crippen MR) is 37.9 cm³/mol. The average Bonchev–Trinajstić information content (AvgIpc) is 2.53. The molecule has 0 fully saturated rings. The molecular weight excluding hydrogens is 146 g/mol. The molecule has 0 aliphatic heterocycles. The van der Waals surface area contributed by atoms with Crippen LogP contribution in [0, 0.1) is 0 Å². The van der Waals surface area contributed by atoms with Crippen LogP contribution >= 0.6 is 0 Å². The van der Waals surface area contributed by atoms with E-state index in [4.69, 9.17) is 10.8 Å². The molecule has 11 heavy (non-hydrogen) atoms. The highest BCUT2D eigenvalue weighted by atomic mass is 16.3. The van der Waals surface area contributed by atoms with Crippen molar-refractivity contribution in [2.75, 3.05) is 6.61 Å². The minimum absolute atomic E-state index is 0.350. The Hall–Kier alpha value is -1.20. The molecule has 0 spiro atoms. The molecule has 3 N–H and O–H groups in total. The fourth-order valence-corrected chi connectivity index (χ4v) is 0.659. The Kier molecular flexibility index (Phi) is 2.35. The van der Waals surface area contributed by atoms with Crippen LogP contribution in [0.25, 0.3) is 0 Å². The van der Waals surface area contributed by atoms with Gasteiger partial charge in [0.15, 0.2) is 0 Å². The molecule has 0 aliphatic rings. The second-order valence-corrected chi connectivity index (χ2v) is 2.10. The highest BCUT2D eigenvalue weighted by Crippen LogP contribution is 1.88. The molecule has 0 amide bonds.